The number of nitrogens with one attached hydrogen (secondary N) is 3. The number of carboxylic acid groups (broad SMARTS) is 1. The molecule has 6 atom stereocenters. The van der Waals surface area contributed by atoms with Crippen molar-refractivity contribution < 1.29 is 119 Å². The molecule has 4 aromatic rings. The monoisotopic (exact) mass is 1320 g/mol. The molecule has 2 aromatic heterocycles. The average molecular weight is 1320 g/mol. The first-order chi connectivity index (χ1) is 42.9. The summed E-state index contributed by atoms with van der Waals surface area (Å²) in [5.74, 6) is 3.50. The Kier molecular flexibility index (Phi) is 26.0. The summed E-state index contributed by atoms with van der Waals surface area (Å²) in [4.78, 5) is 107. The van der Waals surface area contributed by atoms with Crippen molar-refractivity contribution in [3.8, 4) is 40.0 Å². The van der Waals surface area contributed by atoms with Crippen molar-refractivity contribution in [3.63, 3.8) is 0 Å². The number of unbranched alkanes of at least 4 members (excludes halogenated alkanes) is 2. The second-order valence-electron chi connectivity index (χ2n) is 19.5. The Hall–Kier alpha value is -7.12. The molecular weight excluding hydrogens is 1260 g/mol. The fraction of sp³-hybridized carbons (Fsp3) is 0.426. The molecule has 1 fully saturated rings. The summed E-state index contributed by atoms with van der Waals surface area (Å²) in [5, 5.41) is 50.6. The van der Waals surface area contributed by atoms with E-state index >= 15 is 0 Å². The Bertz CT molecular complexity index is 3720. The van der Waals surface area contributed by atoms with Gasteiger partial charge >= 0.3 is 29.4 Å². The van der Waals surface area contributed by atoms with Gasteiger partial charge in [0.2, 0.25) is 11.8 Å². The molecule has 0 saturated carbocycles. The number of carboxylic acids is 1. The highest BCUT2D eigenvalue weighted by atomic mass is 31.3. The third-order valence-electron chi connectivity index (χ3n) is 13.0. The first-order valence-corrected chi connectivity index (χ1v) is 32.1. The summed E-state index contributed by atoms with van der Waals surface area (Å²) < 4.78 is 86.9. The molecule has 2 aromatic carbocycles. The number of carbonyl (C=O) groups is 4. The Morgan fingerprint density at radius 2 is 1.39 bits per heavy atom. The predicted molar refractivity (Wildman–Crippen MR) is 313 cm³/mol. The number of ether oxygens (including phenoxy) is 6. The van der Waals surface area contributed by atoms with Crippen LogP contribution in [-0.4, -0.2) is 189 Å². The van der Waals surface area contributed by atoms with E-state index in [0.717, 1.165) is 6.33 Å². The first-order valence-electron chi connectivity index (χ1n) is 27.6. The summed E-state index contributed by atoms with van der Waals surface area (Å²) in [6.45, 7) is 2.23. The van der Waals surface area contributed by atoms with Gasteiger partial charge in [0.15, 0.2) is 11.7 Å². The molecule has 2 aliphatic heterocycles. The number of hydrogen-bond donors (Lipinski definition) is 12. The molecular formula is C54H66N7O26P3. The molecule has 90 heavy (non-hydrogen) atoms. The van der Waals surface area contributed by atoms with Crippen LogP contribution in [-0.2, 0) is 64.9 Å². The lowest BCUT2D eigenvalue weighted by Gasteiger charge is -2.19. The van der Waals surface area contributed by atoms with E-state index < -0.39 is 66.5 Å². The number of aromatic hydroxyl groups is 1. The third-order valence-corrected chi connectivity index (χ3v) is 16.8. The number of aromatic carboxylic acids is 1. The molecule has 4 heterocycles. The lowest BCUT2D eigenvalue weighted by molar-refractivity contribution is -0.122. The van der Waals surface area contributed by atoms with Gasteiger partial charge in [-0.1, -0.05) is 18.3 Å². The molecule has 3 amide bonds. The van der Waals surface area contributed by atoms with E-state index in [1.807, 2.05) is 0 Å². The summed E-state index contributed by atoms with van der Waals surface area (Å²) in [6.07, 6.45) is -1.97. The van der Waals surface area contributed by atoms with Crippen LogP contribution >= 0.6 is 23.5 Å². The first kappa shape index (κ1) is 70.3. The van der Waals surface area contributed by atoms with Crippen molar-refractivity contribution >= 4 is 75.0 Å². The number of aliphatic hydroxyl groups is 2. The van der Waals surface area contributed by atoms with Crippen molar-refractivity contribution in [3.05, 3.63) is 94.0 Å². The molecule has 0 bridgehead atoms. The normalized spacial score (nSPS) is 17.2. The predicted octanol–water partition coefficient (Wildman–Crippen LogP) is 2.31. The van der Waals surface area contributed by atoms with Gasteiger partial charge in [0.05, 0.1) is 95.7 Å². The number of phenols is 1. The molecule has 36 heteroatoms. The van der Waals surface area contributed by atoms with Crippen molar-refractivity contribution in [2.45, 2.75) is 56.6 Å². The zero-order valence-electron chi connectivity index (χ0n) is 47.8. The smallest absolute Gasteiger partial charge is 0.490 e. The zero-order chi connectivity index (χ0) is 65.0. The maximum absolute atomic E-state index is 13.3. The standard InChI is InChI=1S/C54H66N7O26P3/c55-50-46-34(30-61(51(46)60-32-59-50)53-49(67)48(66)43(85-53)31-83-89(74,75)87-90(76,77)86-88(71,72)73)5-4-15-56-45(65)13-17-78-19-21-80-23-25-82-26-24-81-22-20-79-18-16-57-44(64)6-2-1-3-14-58-52(68)33-7-10-37(54(69)70)40(27-33)47-38-11-8-35(62)28-41(38)84-42-29-36(63)9-12-39(42)47/h7-12,27-30,32,43,48-49,53,62,66-67H,1-3,6,13-26,31H2,(H,56,65)(H,57,64)(H,58,68)(H,69,70)(H,74,75)(H,76,77)(H2,55,59,60)(H2,71,72,73)/t43-,48-,49-,53-/m1/s1. The highest BCUT2D eigenvalue weighted by molar-refractivity contribution is 7.66. The number of phosphoric acid groups is 3. The van der Waals surface area contributed by atoms with E-state index in [4.69, 9.17) is 48.4 Å². The van der Waals surface area contributed by atoms with E-state index in [9.17, 15) is 67.9 Å². The fourth-order valence-electron chi connectivity index (χ4n) is 8.95. The summed E-state index contributed by atoms with van der Waals surface area (Å²) in [5.41, 5.74) is 7.52. The van der Waals surface area contributed by atoms with Crippen LogP contribution in [0.15, 0.2) is 76.3 Å². The highest BCUT2D eigenvalue weighted by Crippen LogP contribution is 2.66. The summed E-state index contributed by atoms with van der Waals surface area (Å²) in [6, 6.07) is 12.7. The number of nitrogens with two attached hydrogens (primary N) is 1. The van der Waals surface area contributed by atoms with Gasteiger partial charge in [-0.25, -0.2) is 28.5 Å². The number of benzene rings is 3. The SMILES string of the molecule is Nc1ncnc2c1c(C#CCNC(=O)CCOCCOCCOCCOCCOCCNC(=O)CCCCCNC(=O)c1ccc(C(=O)O)c(-c3c4ccc(=O)cc-4oc4cc(O)ccc34)c1)cn2[C@@H]1O[C@H](COP(=O)(O)OP(=O)(O)OP(=O)(O)O)[C@@H](O)[C@H]1O. The van der Waals surface area contributed by atoms with Gasteiger partial charge in [0.25, 0.3) is 5.91 Å². The summed E-state index contributed by atoms with van der Waals surface area (Å²) >= 11 is 0. The minimum atomic E-state index is -5.82. The second-order valence-corrected chi connectivity index (χ2v) is 23.9. The minimum absolute atomic E-state index is 0.0148. The van der Waals surface area contributed by atoms with E-state index in [2.05, 4.69) is 50.9 Å². The molecule has 33 nitrogen and oxygen atoms in total. The Balaban J connectivity index is 0.668. The van der Waals surface area contributed by atoms with Gasteiger partial charge in [-0.3, -0.25) is 23.7 Å². The molecule has 0 radical (unpaired) electrons. The van der Waals surface area contributed by atoms with Crippen LogP contribution in [0.25, 0.3) is 44.5 Å². The maximum atomic E-state index is 13.3. The number of fused-ring (bicyclic) bond motifs is 3. The quantitative estimate of drug-likeness (QED) is 0.0116. The average Bonchev–Trinajstić information content (AvgIpc) is 1.11. The maximum Gasteiger partial charge on any atom is 0.490 e. The van der Waals surface area contributed by atoms with Crippen molar-refractivity contribution in [2.75, 3.05) is 98.0 Å². The molecule has 7 rings (SSSR count). The fourth-order valence-corrected chi connectivity index (χ4v) is 12.0. The Labute approximate surface area is 511 Å². The number of aliphatic hydroxyl groups excluding tert-OH is 2. The van der Waals surface area contributed by atoms with Crippen LogP contribution in [0.2, 0.25) is 0 Å². The number of nitrogen functional groups attached to an aromatic ring is 1. The zero-order valence-corrected chi connectivity index (χ0v) is 50.5. The van der Waals surface area contributed by atoms with E-state index in [-0.39, 0.29) is 113 Å². The van der Waals surface area contributed by atoms with Gasteiger partial charge in [-0.15, -0.1) is 0 Å². The molecule has 2 unspecified atom stereocenters. The van der Waals surface area contributed by atoms with Crippen LogP contribution < -0.4 is 27.1 Å². The molecule has 1 aliphatic carbocycles. The van der Waals surface area contributed by atoms with Crippen LogP contribution in [0.1, 0.15) is 64.6 Å². The number of nitrogens with zero attached hydrogens (tertiary/aromatic N) is 3. The molecule has 488 valence electrons. The molecule has 0 spiro atoms. The Morgan fingerprint density at radius 1 is 0.711 bits per heavy atom. The number of phenolic OH excluding ortho intramolecular Hbond substituents is 1. The lowest BCUT2D eigenvalue weighted by atomic mass is 9.89. The summed E-state index contributed by atoms with van der Waals surface area (Å²) in [7, 11) is -17.0. The highest BCUT2D eigenvalue weighted by Gasteiger charge is 2.47. The van der Waals surface area contributed by atoms with Crippen LogP contribution in [0.3, 0.4) is 0 Å². The van der Waals surface area contributed by atoms with Crippen molar-refractivity contribution in [1.82, 2.24) is 30.5 Å². The number of amides is 3. The van der Waals surface area contributed by atoms with Crippen molar-refractivity contribution in [1.29, 1.82) is 0 Å². The largest absolute Gasteiger partial charge is 0.508 e. The number of carbonyl (C=O) groups excluding carboxylic acids is 3. The Morgan fingerprint density at radius 3 is 2.08 bits per heavy atom. The van der Waals surface area contributed by atoms with Crippen LogP contribution in [0.4, 0.5) is 5.82 Å². The topological polar surface area (TPSA) is 487 Å². The molecule has 3 aliphatic rings. The van der Waals surface area contributed by atoms with E-state index in [1.165, 1.54) is 59.3 Å². The second kappa shape index (κ2) is 33.3. The molecule has 13 N–H and O–H groups in total. The van der Waals surface area contributed by atoms with Crippen LogP contribution in [0.5, 0.6) is 5.75 Å². The number of rotatable bonds is 36. The van der Waals surface area contributed by atoms with Gasteiger partial charge in [-0.05, 0) is 60.9 Å². The number of phosphoric ester groups is 1. The van der Waals surface area contributed by atoms with E-state index in [0.29, 0.717) is 95.1 Å². The van der Waals surface area contributed by atoms with Gasteiger partial charge < -0.3 is 99.1 Å². The van der Waals surface area contributed by atoms with Crippen molar-refractivity contribution in [2.24, 2.45) is 0 Å². The lowest BCUT2D eigenvalue weighted by Crippen LogP contribution is -2.33. The van der Waals surface area contributed by atoms with Gasteiger partial charge in [-0.2, -0.15) is 8.62 Å². The minimum Gasteiger partial charge on any atom is -0.508 e. The number of anilines is 1. The number of hydrogen-bond acceptors (Lipinski definition) is 24. The van der Waals surface area contributed by atoms with E-state index in [1.54, 1.807) is 6.07 Å². The number of aromatic nitrogens is 3. The van der Waals surface area contributed by atoms with Crippen LogP contribution in [0, 0.1) is 11.8 Å². The van der Waals surface area contributed by atoms with Gasteiger partial charge in [0.1, 0.15) is 53.2 Å². The van der Waals surface area contributed by atoms with Gasteiger partial charge in [0, 0.05) is 66.3 Å². The third kappa shape index (κ3) is 21.0. The molecule has 1 saturated heterocycles.